The predicted molar refractivity (Wildman–Crippen MR) is 117 cm³/mol. The molecule has 3 aromatic carbocycles. The molecular weight excluding hydrogens is 340 g/mol. The van der Waals surface area contributed by atoms with E-state index in [1.807, 2.05) is 0 Å². The summed E-state index contributed by atoms with van der Waals surface area (Å²) in [6.45, 7) is 4.14. The number of benzene rings is 3. The largest absolute Gasteiger partial charge is 0.311 e. The molecule has 3 aromatic rings. The fraction of sp³-hybridized carbons (Fsp3) is 0.308. The van der Waals surface area contributed by atoms with Crippen LogP contribution in [0.2, 0.25) is 0 Å². The average Bonchev–Trinajstić information content (AvgIpc) is 2.76. The van der Waals surface area contributed by atoms with E-state index in [-0.39, 0.29) is 0 Å². The van der Waals surface area contributed by atoms with E-state index in [1.165, 1.54) is 35.1 Å². The Hall–Kier alpha value is -2.42. The minimum Gasteiger partial charge on any atom is -0.311 e. The first-order chi connectivity index (χ1) is 13.9. The summed E-state index contributed by atoms with van der Waals surface area (Å²) in [7, 11) is 0. The molecule has 0 aliphatic carbocycles. The normalized spacial score (nSPS) is 16.6. The van der Waals surface area contributed by atoms with Crippen molar-refractivity contribution in [1.29, 1.82) is 0 Å². The topological polar surface area (TPSA) is 15.3 Å². The standard InChI is InChI=1S/C26H30N2/c1-3-9-22(10-4-1)15-16-26-19-24-13-7-8-14-25(24)21-28(26)18-17-27-20-23-11-5-2-6-12-23/h1-14,26-27H,15-21H2. The van der Waals surface area contributed by atoms with Gasteiger partial charge in [0.25, 0.3) is 0 Å². The van der Waals surface area contributed by atoms with Crippen molar-refractivity contribution in [2.24, 2.45) is 0 Å². The molecule has 0 saturated carbocycles. The van der Waals surface area contributed by atoms with Gasteiger partial charge in [0, 0.05) is 32.2 Å². The predicted octanol–water partition coefficient (Wildman–Crippen LogP) is 4.84. The zero-order valence-corrected chi connectivity index (χ0v) is 16.6. The van der Waals surface area contributed by atoms with Gasteiger partial charge in [-0.2, -0.15) is 0 Å². The van der Waals surface area contributed by atoms with Gasteiger partial charge in [-0.25, -0.2) is 0 Å². The van der Waals surface area contributed by atoms with Crippen molar-refractivity contribution in [3.05, 3.63) is 107 Å². The number of nitrogens with one attached hydrogen (secondary N) is 1. The zero-order valence-electron chi connectivity index (χ0n) is 16.6. The molecule has 0 saturated heterocycles. The maximum absolute atomic E-state index is 3.63. The van der Waals surface area contributed by atoms with Gasteiger partial charge in [-0.15, -0.1) is 0 Å². The van der Waals surface area contributed by atoms with Crippen LogP contribution in [0.3, 0.4) is 0 Å². The molecule has 0 aromatic heterocycles. The van der Waals surface area contributed by atoms with E-state index in [0.29, 0.717) is 6.04 Å². The molecule has 1 heterocycles. The van der Waals surface area contributed by atoms with Gasteiger partial charge >= 0.3 is 0 Å². The highest BCUT2D eigenvalue weighted by molar-refractivity contribution is 5.30. The minimum absolute atomic E-state index is 0.619. The molecule has 4 rings (SSSR count). The second-order valence-corrected chi connectivity index (χ2v) is 7.78. The molecule has 0 amide bonds. The molecule has 0 bridgehead atoms. The van der Waals surface area contributed by atoms with Crippen LogP contribution in [0, 0.1) is 0 Å². The summed E-state index contributed by atoms with van der Waals surface area (Å²) in [5.41, 5.74) is 5.84. The lowest BCUT2D eigenvalue weighted by molar-refractivity contribution is 0.163. The number of rotatable bonds is 8. The van der Waals surface area contributed by atoms with E-state index in [1.54, 1.807) is 0 Å². The van der Waals surface area contributed by atoms with Crippen LogP contribution in [-0.4, -0.2) is 24.0 Å². The zero-order chi connectivity index (χ0) is 19.0. The third kappa shape index (κ3) is 5.09. The van der Waals surface area contributed by atoms with E-state index in [4.69, 9.17) is 0 Å². The third-order valence-electron chi connectivity index (χ3n) is 5.82. The second-order valence-electron chi connectivity index (χ2n) is 7.78. The van der Waals surface area contributed by atoms with Gasteiger partial charge in [0.15, 0.2) is 0 Å². The van der Waals surface area contributed by atoms with Crippen molar-refractivity contribution < 1.29 is 0 Å². The number of fused-ring (bicyclic) bond motifs is 1. The lowest BCUT2D eigenvalue weighted by atomic mass is 9.90. The molecule has 1 unspecified atom stereocenters. The van der Waals surface area contributed by atoms with Crippen LogP contribution >= 0.6 is 0 Å². The Bertz CT molecular complexity index is 845. The summed E-state index contributed by atoms with van der Waals surface area (Å²) >= 11 is 0. The van der Waals surface area contributed by atoms with Crippen LogP contribution in [0.25, 0.3) is 0 Å². The molecule has 1 N–H and O–H groups in total. The van der Waals surface area contributed by atoms with Crippen LogP contribution in [0.4, 0.5) is 0 Å². The SMILES string of the molecule is c1ccc(CCC2Cc3ccccc3CN2CCNCc2ccccc2)cc1. The van der Waals surface area contributed by atoms with Crippen LogP contribution in [0.15, 0.2) is 84.9 Å². The van der Waals surface area contributed by atoms with Crippen LogP contribution < -0.4 is 5.32 Å². The van der Waals surface area contributed by atoms with Gasteiger partial charge in [0.2, 0.25) is 0 Å². The molecule has 144 valence electrons. The Balaban J connectivity index is 1.35. The maximum Gasteiger partial charge on any atom is 0.0240 e. The highest BCUT2D eigenvalue weighted by atomic mass is 15.2. The molecule has 2 nitrogen and oxygen atoms in total. The summed E-state index contributed by atoms with van der Waals surface area (Å²) in [5.74, 6) is 0. The second kappa shape index (κ2) is 9.68. The average molecular weight is 371 g/mol. The van der Waals surface area contributed by atoms with E-state index in [0.717, 1.165) is 32.6 Å². The first-order valence-electron chi connectivity index (χ1n) is 10.5. The van der Waals surface area contributed by atoms with Gasteiger partial charge in [0.05, 0.1) is 0 Å². The summed E-state index contributed by atoms with van der Waals surface area (Å²) < 4.78 is 0. The highest BCUT2D eigenvalue weighted by Gasteiger charge is 2.25. The van der Waals surface area contributed by atoms with Gasteiger partial charge < -0.3 is 5.32 Å². The van der Waals surface area contributed by atoms with Gasteiger partial charge in [-0.05, 0) is 41.5 Å². The molecule has 0 spiro atoms. The smallest absolute Gasteiger partial charge is 0.0240 e. The lowest BCUT2D eigenvalue weighted by Crippen LogP contribution is -2.43. The summed E-state index contributed by atoms with van der Waals surface area (Å²) in [4.78, 5) is 2.68. The fourth-order valence-electron chi connectivity index (χ4n) is 4.22. The molecule has 2 heteroatoms. The highest BCUT2D eigenvalue weighted by Crippen LogP contribution is 2.25. The van der Waals surface area contributed by atoms with E-state index >= 15 is 0 Å². The molecular formula is C26H30N2. The monoisotopic (exact) mass is 370 g/mol. The summed E-state index contributed by atoms with van der Waals surface area (Å²) in [6, 6.07) is 31.2. The molecule has 0 fully saturated rings. The van der Waals surface area contributed by atoms with E-state index in [9.17, 15) is 0 Å². The third-order valence-corrected chi connectivity index (χ3v) is 5.82. The Kier molecular flexibility index (Phi) is 6.54. The fourth-order valence-corrected chi connectivity index (χ4v) is 4.22. The number of hydrogen-bond donors (Lipinski definition) is 1. The summed E-state index contributed by atoms with van der Waals surface area (Å²) in [6.07, 6.45) is 3.54. The van der Waals surface area contributed by atoms with Crippen molar-refractivity contribution in [3.8, 4) is 0 Å². The minimum atomic E-state index is 0.619. The van der Waals surface area contributed by atoms with Crippen LogP contribution in [-0.2, 0) is 25.9 Å². The number of aryl methyl sites for hydroxylation is 1. The van der Waals surface area contributed by atoms with Gasteiger partial charge in [-0.3, -0.25) is 4.90 Å². The molecule has 28 heavy (non-hydrogen) atoms. The van der Waals surface area contributed by atoms with E-state index in [2.05, 4.69) is 95.1 Å². The van der Waals surface area contributed by atoms with E-state index < -0.39 is 0 Å². The van der Waals surface area contributed by atoms with Crippen molar-refractivity contribution in [3.63, 3.8) is 0 Å². The Morgan fingerprint density at radius 2 is 1.39 bits per heavy atom. The Morgan fingerprint density at radius 3 is 2.14 bits per heavy atom. The van der Waals surface area contributed by atoms with Crippen molar-refractivity contribution in [2.45, 2.75) is 38.4 Å². The first-order valence-corrected chi connectivity index (χ1v) is 10.5. The quantitative estimate of drug-likeness (QED) is 0.571. The molecule has 1 atom stereocenters. The lowest BCUT2D eigenvalue weighted by Gasteiger charge is -2.37. The number of nitrogens with zero attached hydrogens (tertiary/aromatic N) is 1. The van der Waals surface area contributed by atoms with Gasteiger partial charge in [-0.1, -0.05) is 84.9 Å². The maximum atomic E-state index is 3.63. The van der Waals surface area contributed by atoms with Crippen LogP contribution in [0.5, 0.6) is 0 Å². The van der Waals surface area contributed by atoms with Crippen molar-refractivity contribution >= 4 is 0 Å². The molecule has 1 aliphatic rings. The van der Waals surface area contributed by atoms with Gasteiger partial charge in [0.1, 0.15) is 0 Å². The Labute approximate surface area is 169 Å². The van der Waals surface area contributed by atoms with Crippen molar-refractivity contribution in [1.82, 2.24) is 10.2 Å². The Morgan fingerprint density at radius 1 is 0.750 bits per heavy atom. The summed E-state index contributed by atoms with van der Waals surface area (Å²) in [5, 5.41) is 3.63. The van der Waals surface area contributed by atoms with Crippen molar-refractivity contribution in [2.75, 3.05) is 13.1 Å². The molecule has 1 aliphatic heterocycles. The molecule has 0 radical (unpaired) electrons. The van der Waals surface area contributed by atoms with Crippen LogP contribution in [0.1, 0.15) is 28.7 Å². The number of hydrogen-bond acceptors (Lipinski definition) is 2. The first kappa shape index (κ1) is 18.9.